The summed E-state index contributed by atoms with van der Waals surface area (Å²) in [4.78, 5) is 33.5. The molecule has 4 aromatic rings. The van der Waals surface area contributed by atoms with Gasteiger partial charge in [-0.25, -0.2) is 4.99 Å². The fourth-order valence-electron chi connectivity index (χ4n) is 4.30. The second-order valence-electron chi connectivity index (χ2n) is 9.42. The van der Waals surface area contributed by atoms with Crippen LogP contribution in [0.1, 0.15) is 32.9 Å². The molecule has 2 aromatic carbocycles. The van der Waals surface area contributed by atoms with Crippen LogP contribution in [0.25, 0.3) is 11.3 Å². The lowest BCUT2D eigenvalue weighted by Gasteiger charge is -2.14. The van der Waals surface area contributed by atoms with Gasteiger partial charge in [0.25, 0.3) is 5.91 Å². The molecule has 0 saturated heterocycles. The van der Waals surface area contributed by atoms with E-state index in [1.807, 2.05) is 0 Å². The van der Waals surface area contributed by atoms with E-state index in [0.717, 1.165) is 31.2 Å². The summed E-state index contributed by atoms with van der Waals surface area (Å²) in [7, 11) is 2.61. The Bertz CT molecular complexity index is 1700. The molecule has 0 aliphatic heterocycles. The minimum atomic E-state index is -5.11. The van der Waals surface area contributed by atoms with Gasteiger partial charge in [-0.05, 0) is 42.3 Å². The number of carbonyl (C=O) groups excluding carboxylic acids is 2. The van der Waals surface area contributed by atoms with Crippen LogP contribution in [0.15, 0.2) is 65.8 Å². The van der Waals surface area contributed by atoms with Crippen LogP contribution in [0.3, 0.4) is 0 Å². The maximum Gasteiger partial charge on any atom is 0.433 e. The Kier molecular flexibility index (Phi) is 9.06. The Hall–Kier alpha value is -5.21. The van der Waals surface area contributed by atoms with Gasteiger partial charge in [-0.1, -0.05) is 30.3 Å². The Morgan fingerprint density at radius 3 is 2.39 bits per heavy atom. The number of ether oxygens (including phenoxy) is 1. The smallest absolute Gasteiger partial charge is 0.433 e. The average Bonchev–Trinajstić information content (AvgIpc) is 3.33. The molecule has 4 rings (SSSR count). The van der Waals surface area contributed by atoms with Crippen LogP contribution in [0, 0.1) is 6.92 Å². The van der Waals surface area contributed by atoms with Crippen molar-refractivity contribution < 1.29 is 40.7 Å². The van der Waals surface area contributed by atoms with Crippen molar-refractivity contribution in [3.05, 3.63) is 88.9 Å². The second kappa shape index (κ2) is 12.6. The van der Waals surface area contributed by atoms with Crippen LogP contribution >= 0.6 is 0 Å². The van der Waals surface area contributed by atoms with E-state index in [1.165, 1.54) is 24.1 Å². The van der Waals surface area contributed by atoms with Gasteiger partial charge in [0.15, 0.2) is 0 Å². The second-order valence-corrected chi connectivity index (χ2v) is 9.42. The Morgan fingerprint density at radius 1 is 1.07 bits per heavy atom. The third kappa shape index (κ3) is 7.04. The number of hydrogen-bond acceptors (Lipinski definition) is 6. The SMILES string of the molecule is COc1ccc(CN(C=O)C=Nc2c(C)cccc2-c2nn(C)c(C(=O)Nc3ccnc(C(F)(F)F)c3)c2C(F)(F)F)cc1. The van der Waals surface area contributed by atoms with E-state index in [4.69, 9.17) is 4.74 Å². The zero-order valence-corrected chi connectivity index (χ0v) is 23.4. The number of aromatic nitrogens is 3. The number of benzene rings is 2. The number of nitrogens with one attached hydrogen (secondary N) is 1. The first-order valence-electron chi connectivity index (χ1n) is 12.7. The van der Waals surface area contributed by atoms with Crippen molar-refractivity contribution in [2.75, 3.05) is 12.4 Å². The number of halogens is 6. The van der Waals surface area contributed by atoms with Crippen LogP contribution in [0.5, 0.6) is 5.75 Å². The van der Waals surface area contributed by atoms with Crippen LogP contribution in [-0.4, -0.2) is 45.4 Å². The van der Waals surface area contributed by atoms with Crippen LogP contribution in [-0.2, 0) is 30.7 Å². The van der Waals surface area contributed by atoms with Gasteiger partial charge in [0.2, 0.25) is 6.41 Å². The molecule has 9 nitrogen and oxygen atoms in total. The molecule has 0 aliphatic carbocycles. The number of carbonyl (C=O) groups is 2. The molecule has 2 amide bonds. The number of hydrogen-bond donors (Lipinski definition) is 1. The molecule has 0 aliphatic rings. The molecule has 44 heavy (non-hydrogen) atoms. The predicted molar refractivity (Wildman–Crippen MR) is 148 cm³/mol. The van der Waals surface area contributed by atoms with Gasteiger partial charge < -0.3 is 15.0 Å². The first-order chi connectivity index (χ1) is 20.7. The van der Waals surface area contributed by atoms with E-state index in [9.17, 15) is 35.9 Å². The number of aliphatic imine (C=N–C) groups is 1. The molecule has 0 unspecified atom stereocenters. The summed E-state index contributed by atoms with van der Waals surface area (Å²) in [6, 6.07) is 12.8. The van der Waals surface area contributed by atoms with Crippen molar-refractivity contribution in [2.45, 2.75) is 25.8 Å². The van der Waals surface area contributed by atoms with Gasteiger partial charge in [0, 0.05) is 24.5 Å². The number of aryl methyl sites for hydroxylation is 2. The highest BCUT2D eigenvalue weighted by molar-refractivity contribution is 6.05. The number of alkyl halides is 6. The molecule has 0 bridgehead atoms. The van der Waals surface area contributed by atoms with Crippen LogP contribution in [0.4, 0.5) is 37.7 Å². The largest absolute Gasteiger partial charge is 0.497 e. The minimum Gasteiger partial charge on any atom is -0.497 e. The molecule has 230 valence electrons. The summed E-state index contributed by atoms with van der Waals surface area (Å²) < 4.78 is 88.6. The highest BCUT2D eigenvalue weighted by Gasteiger charge is 2.43. The molecule has 0 spiro atoms. The molecule has 0 saturated carbocycles. The van der Waals surface area contributed by atoms with E-state index in [-0.39, 0.29) is 17.8 Å². The zero-order chi connectivity index (χ0) is 32.2. The third-order valence-electron chi connectivity index (χ3n) is 6.34. The van der Waals surface area contributed by atoms with Crippen molar-refractivity contribution >= 4 is 30.0 Å². The van der Waals surface area contributed by atoms with Gasteiger partial charge in [0.05, 0.1) is 25.7 Å². The number of para-hydroxylation sites is 1. The first-order valence-corrected chi connectivity index (χ1v) is 12.7. The number of methoxy groups -OCH3 is 1. The topological polar surface area (TPSA) is 102 Å². The van der Waals surface area contributed by atoms with Crippen molar-refractivity contribution in [1.29, 1.82) is 0 Å². The zero-order valence-electron chi connectivity index (χ0n) is 23.4. The highest BCUT2D eigenvalue weighted by atomic mass is 19.4. The normalized spacial score (nSPS) is 11.9. The van der Waals surface area contributed by atoms with Gasteiger partial charge in [-0.3, -0.25) is 19.3 Å². The molecule has 2 heterocycles. The molecular weight excluding hydrogens is 594 g/mol. The Balaban J connectivity index is 1.73. The van der Waals surface area contributed by atoms with E-state index in [1.54, 1.807) is 37.3 Å². The Morgan fingerprint density at radius 2 is 1.77 bits per heavy atom. The summed E-state index contributed by atoms with van der Waals surface area (Å²) in [6.07, 6.45) is -7.52. The lowest BCUT2D eigenvalue weighted by molar-refractivity contribution is -0.141. The van der Waals surface area contributed by atoms with Crippen molar-refractivity contribution in [3.8, 4) is 17.0 Å². The van der Waals surface area contributed by atoms with E-state index >= 15 is 0 Å². The molecule has 15 heteroatoms. The summed E-state index contributed by atoms with van der Waals surface area (Å²) in [5.41, 5.74) is -3.63. The quantitative estimate of drug-likeness (QED) is 0.101. The summed E-state index contributed by atoms with van der Waals surface area (Å²) >= 11 is 0. The van der Waals surface area contributed by atoms with E-state index in [2.05, 4.69) is 20.4 Å². The molecule has 0 radical (unpaired) electrons. The maximum absolute atomic E-state index is 14.5. The molecule has 0 atom stereocenters. The molecule has 0 fully saturated rings. The summed E-state index contributed by atoms with van der Waals surface area (Å²) in [6.45, 7) is 1.70. The van der Waals surface area contributed by atoms with Crippen LogP contribution in [0.2, 0.25) is 0 Å². The predicted octanol–water partition coefficient (Wildman–Crippen LogP) is 6.41. The maximum atomic E-state index is 14.5. The fourth-order valence-corrected chi connectivity index (χ4v) is 4.30. The average molecular weight is 619 g/mol. The lowest BCUT2D eigenvalue weighted by Crippen LogP contribution is -2.21. The standard InChI is InChI=1S/C29H24F6N6O3/c1-17-5-4-6-21(24(17)37-15-41(16-42)14-18-7-9-20(44-3)10-8-18)25-23(29(33,34)35)26(40(2)39-25)27(43)38-19-11-12-36-22(13-19)28(30,31)32/h4-13,15-16H,14H2,1-3H3,(H,36,38,43). The van der Waals surface area contributed by atoms with Crippen molar-refractivity contribution in [2.24, 2.45) is 12.0 Å². The molecule has 1 N–H and O–H groups in total. The third-order valence-corrected chi connectivity index (χ3v) is 6.34. The van der Waals surface area contributed by atoms with E-state index in [0.29, 0.717) is 28.5 Å². The highest BCUT2D eigenvalue weighted by Crippen LogP contribution is 2.43. The Labute approximate surface area is 246 Å². The van der Waals surface area contributed by atoms with Crippen molar-refractivity contribution in [3.63, 3.8) is 0 Å². The lowest BCUT2D eigenvalue weighted by atomic mass is 10.0. The summed E-state index contributed by atoms with van der Waals surface area (Å²) in [5.74, 6) is -0.734. The summed E-state index contributed by atoms with van der Waals surface area (Å²) in [5, 5.41) is 6.04. The van der Waals surface area contributed by atoms with Crippen LogP contribution < -0.4 is 10.1 Å². The number of pyridine rings is 1. The van der Waals surface area contributed by atoms with Gasteiger partial charge in [0.1, 0.15) is 28.4 Å². The molecule has 2 aromatic heterocycles. The molecular formula is C29H24F6N6O3. The number of nitrogens with zero attached hydrogens (tertiary/aromatic N) is 5. The number of anilines is 1. The monoisotopic (exact) mass is 618 g/mol. The fraction of sp³-hybridized carbons (Fsp3) is 0.207. The number of amides is 2. The van der Waals surface area contributed by atoms with Gasteiger partial charge in [-0.15, -0.1) is 0 Å². The number of rotatable bonds is 9. The first kappa shape index (κ1) is 31.7. The van der Waals surface area contributed by atoms with Crippen molar-refractivity contribution in [1.82, 2.24) is 19.7 Å². The van der Waals surface area contributed by atoms with E-state index < -0.39 is 46.6 Å². The minimum absolute atomic E-state index is 0.0496. The van der Waals surface area contributed by atoms with Gasteiger partial charge in [-0.2, -0.15) is 31.4 Å². The van der Waals surface area contributed by atoms with Gasteiger partial charge >= 0.3 is 12.4 Å².